The van der Waals surface area contributed by atoms with E-state index in [2.05, 4.69) is 4.74 Å². The number of carboxylic acid groups (broad SMARTS) is 1. The van der Waals surface area contributed by atoms with Gasteiger partial charge in [0.25, 0.3) is 0 Å². The van der Waals surface area contributed by atoms with Crippen LogP contribution in [0.4, 0.5) is 0 Å². The van der Waals surface area contributed by atoms with Gasteiger partial charge in [-0.15, -0.1) is 0 Å². The molecule has 0 saturated carbocycles. The summed E-state index contributed by atoms with van der Waals surface area (Å²) in [6.07, 6.45) is 1.72. The number of carbonyl (C=O) groups is 2. The standard InChI is InChI=1S/C13H16O4/c1-17-13(16)11(12(14)15)9-5-8-10-6-3-2-4-7-10/h2-4,6-7,11H,5,8-9H2,1H3,(H,14,15). The highest BCUT2D eigenvalue weighted by molar-refractivity contribution is 5.93. The first-order chi connectivity index (χ1) is 8.15. The highest BCUT2D eigenvalue weighted by Gasteiger charge is 2.26. The van der Waals surface area contributed by atoms with E-state index < -0.39 is 17.9 Å². The van der Waals surface area contributed by atoms with Gasteiger partial charge >= 0.3 is 11.9 Å². The number of rotatable bonds is 6. The fraction of sp³-hybridized carbons (Fsp3) is 0.385. The van der Waals surface area contributed by atoms with E-state index in [1.54, 1.807) is 0 Å². The molecule has 0 radical (unpaired) electrons. The zero-order valence-corrected chi connectivity index (χ0v) is 9.76. The summed E-state index contributed by atoms with van der Waals surface area (Å²) in [6, 6.07) is 9.76. The maximum absolute atomic E-state index is 11.2. The Bertz CT molecular complexity index is 372. The minimum atomic E-state index is -1.12. The Balaban J connectivity index is 2.43. The fourth-order valence-electron chi connectivity index (χ4n) is 1.64. The summed E-state index contributed by atoms with van der Waals surface area (Å²) < 4.78 is 4.46. The van der Waals surface area contributed by atoms with Gasteiger partial charge in [-0.1, -0.05) is 30.3 Å². The first-order valence-electron chi connectivity index (χ1n) is 5.49. The Hall–Kier alpha value is -1.84. The molecular formula is C13H16O4. The van der Waals surface area contributed by atoms with Crippen LogP contribution in [0.25, 0.3) is 0 Å². The van der Waals surface area contributed by atoms with Crippen molar-refractivity contribution in [3.63, 3.8) is 0 Å². The predicted molar refractivity (Wildman–Crippen MR) is 62.5 cm³/mol. The van der Waals surface area contributed by atoms with Crippen molar-refractivity contribution in [2.24, 2.45) is 5.92 Å². The van der Waals surface area contributed by atoms with Crippen LogP contribution in [-0.4, -0.2) is 24.2 Å². The third kappa shape index (κ3) is 4.26. The van der Waals surface area contributed by atoms with Crippen molar-refractivity contribution in [2.75, 3.05) is 7.11 Å². The highest BCUT2D eigenvalue weighted by Crippen LogP contribution is 2.12. The zero-order valence-electron chi connectivity index (χ0n) is 9.76. The summed E-state index contributed by atoms with van der Waals surface area (Å²) in [5.41, 5.74) is 1.14. The molecule has 0 fully saturated rings. The molecule has 4 nitrogen and oxygen atoms in total. The quantitative estimate of drug-likeness (QED) is 0.605. The molecule has 0 aliphatic heterocycles. The Morgan fingerprint density at radius 1 is 1.29 bits per heavy atom. The van der Waals surface area contributed by atoms with Gasteiger partial charge in [0.05, 0.1) is 7.11 Å². The van der Waals surface area contributed by atoms with E-state index in [0.29, 0.717) is 12.8 Å². The Morgan fingerprint density at radius 2 is 1.94 bits per heavy atom. The molecule has 1 aromatic rings. The SMILES string of the molecule is COC(=O)C(CCCc1ccccc1)C(=O)O. The molecule has 0 amide bonds. The molecule has 92 valence electrons. The highest BCUT2D eigenvalue weighted by atomic mass is 16.5. The lowest BCUT2D eigenvalue weighted by atomic mass is 10.00. The molecule has 17 heavy (non-hydrogen) atoms. The molecule has 0 aliphatic rings. The lowest BCUT2D eigenvalue weighted by Crippen LogP contribution is -2.25. The van der Waals surface area contributed by atoms with Crippen LogP contribution in [0.2, 0.25) is 0 Å². The molecule has 0 aliphatic carbocycles. The predicted octanol–water partition coefficient (Wildman–Crippen LogP) is 1.88. The third-order valence-electron chi connectivity index (χ3n) is 2.58. The zero-order chi connectivity index (χ0) is 12.7. The van der Waals surface area contributed by atoms with Gasteiger partial charge in [-0.2, -0.15) is 0 Å². The molecule has 1 aromatic carbocycles. The maximum atomic E-state index is 11.2. The minimum absolute atomic E-state index is 0.302. The fourth-order valence-corrected chi connectivity index (χ4v) is 1.64. The number of hydrogen-bond acceptors (Lipinski definition) is 3. The number of hydrogen-bond donors (Lipinski definition) is 1. The third-order valence-corrected chi connectivity index (χ3v) is 2.58. The summed E-state index contributed by atoms with van der Waals surface area (Å²) in [5, 5.41) is 8.87. The number of aliphatic carboxylic acids is 1. The van der Waals surface area contributed by atoms with Gasteiger partial charge < -0.3 is 9.84 Å². The van der Waals surface area contributed by atoms with Crippen molar-refractivity contribution in [1.29, 1.82) is 0 Å². The van der Waals surface area contributed by atoms with Crippen LogP contribution in [-0.2, 0) is 20.7 Å². The molecule has 1 N–H and O–H groups in total. The van der Waals surface area contributed by atoms with Gasteiger partial charge in [0.2, 0.25) is 0 Å². The summed E-state index contributed by atoms with van der Waals surface area (Å²) in [7, 11) is 1.20. The normalized spacial score (nSPS) is 11.8. The molecule has 0 spiro atoms. The van der Waals surface area contributed by atoms with Gasteiger partial charge in [-0.3, -0.25) is 9.59 Å². The molecule has 0 saturated heterocycles. The second kappa shape index (κ2) is 6.68. The van der Waals surface area contributed by atoms with E-state index in [1.807, 2.05) is 30.3 Å². The van der Waals surface area contributed by atoms with Crippen LogP contribution in [0, 0.1) is 5.92 Å². The first-order valence-corrected chi connectivity index (χ1v) is 5.49. The second-order valence-electron chi connectivity index (χ2n) is 3.79. The summed E-state index contributed by atoms with van der Waals surface area (Å²) in [5.74, 6) is -2.85. The summed E-state index contributed by atoms with van der Waals surface area (Å²) in [4.78, 5) is 22.0. The van der Waals surface area contributed by atoms with Crippen LogP contribution in [0.15, 0.2) is 30.3 Å². The van der Waals surface area contributed by atoms with Crippen molar-refractivity contribution in [3.8, 4) is 0 Å². The number of carbonyl (C=O) groups excluding carboxylic acids is 1. The maximum Gasteiger partial charge on any atom is 0.320 e. The van der Waals surface area contributed by atoms with Crippen LogP contribution in [0.3, 0.4) is 0 Å². The van der Waals surface area contributed by atoms with E-state index in [4.69, 9.17) is 5.11 Å². The largest absolute Gasteiger partial charge is 0.481 e. The summed E-state index contributed by atoms with van der Waals surface area (Å²) in [6.45, 7) is 0. The van der Waals surface area contributed by atoms with E-state index >= 15 is 0 Å². The van der Waals surface area contributed by atoms with Gasteiger partial charge in [0, 0.05) is 0 Å². The number of methoxy groups -OCH3 is 1. The Morgan fingerprint density at radius 3 is 2.47 bits per heavy atom. The van der Waals surface area contributed by atoms with Crippen LogP contribution < -0.4 is 0 Å². The second-order valence-corrected chi connectivity index (χ2v) is 3.79. The Kier molecular flexibility index (Phi) is 5.20. The van der Waals surface area contributed by atoms with Crippen LogP contribution in [0.1, 0.15) is 18.4 Å². The molecule has 0 heterocycles. The van der Waals surface area contributed by atoms with Crippen molar-refractivity contribution in [2.45, 2.75) is 19.3 Å². The average molecular weight is 236 g/mol. The average Bonchev–Trinajstić information content (AvgIpc) is 2.34. The Labute approximate surface area is 100 Å². The van der Waals surface area contributed by atoms with Gasteiger partial charge in [0.15, 0.2) is 5.92 Å². The van der Waals surface area contributed by atoms with Gasteiger partial charge in [-0.25, -0.2) is 0 Å². The van der Waals surface area contributed by atoms with Gasteiger partial charge in [0.1, 0.15) is 0 Å². The van der Waals surface area contributed by atoms with E-state index in [0.717, 1.165) is 12.0 Å². The number of esters is 1. The molecule has 1 unspecified atom stereocenters. The minimum Gasteiger partial charge on any atom is -0.481 e. The first kappa shape index (κ1) is 13.2. The molecule has 0 bridgehead atoms. The van der Waals surface area contributed by atoms with E-state index in [1.165, 1.54) is 7.11 Å². The van der Waals surface area contributed by atoms with E-state index in [-0.39, 0.29) is 0 Å². The molecule has 1 rings (SSSR count). The number of carboxylic acids is 1. The summed E-state index contributed by atoms with van der Waals surface area (Å²) >= 11 is 0. The van der Waals surface area contributed by atoms with Crippen molar-refractivity contribution < 1.29 is 19.4 Å². The van der Waals surface area contributed by atoms with Gasteiger partial charge in [-0.05, 0) is 24.8 Å². The molecule has 0 aromatic heterocycles. The molecule has 1 atom stereocenters. The molecule has 4 heteroatoms. The lowest BCUT2D eigenvalue weighted by molar-refractivity contribution is -0.157. The monoisotopic (exact) mass is 236 g/mol. The number of benzene rings is 1. The molecular weight excluding hydrogens is 220 g/mol. The smallest absolute Gasteiger partial charge is 0.320 e. The van der Waals surface area contributed by atoms with Crippen molar-refractivity contribution in [3.05, 3.63) is 35.9 Å². The van der Waals surface area contributed by atoms with E-state index in [9.17, 15) is 9.59 Å². The number of aryl methyl sites for hydroxylation is 1. The van der Waals surface area contributed by atoms with Crippen LogP contribution in [0.5, 0.6) is 0 Å². The van der Waals surface area contributed by atoms with Crippen molar-refractivity contribution in [1.82, 2.24) is 0 Å². The lowest BCUT2D eigenvalue weighted by Gasteiger charge is -2.09. The van der Waals surface area contributed by atoms with Crippen LogP contribution >= 0.6 is 0 Å². The van der Waals surface area contributed by atoms with Crippen molar-refractivity contribution >= 4 is 11.9 Å². The topological polar surface area (TPSA) is 63.6 Å². The number of ether oxygens (including phenoxy) is 1.